The van der Waals surface area contributed by atoms with Gasteiger partial charge in [0.05, 0.1) is 17.2 Å². The number of benzene rings is 20. The van der Waals surface area contributed by atoms with E-state index >= 15 is 0 Å². The second-order valence-corrected chi connectivity index (χ2v) is 32.1. The first-order chi connectivity index (χ1) is 57.6. The van der Waals surface area contributed by atoms with E-state index in [1.165, 1.54) is 138 Å². The van der Waals surface area contributed by atoms with Crippen LogP contribution in [0.15, 0.2) is 393 Å². The number of para-hydroxylation sites is 1. The quantitative estimate of drug-likeness (QED) is 0.134. The third kappa shape index (κ3) is 10.5. The molecule has 0 saturated heterocycles. The molecule has 0 saturated carbocycles. The molecule has 522 valence electrons. The maximum Gasteiger partial charge on any atom is 0.143 e. The van der Waals surface area contributed by atoms with Crippen molar-refractivity contribution >= 4 is 226 Å². The minimum atomic E-state index is -0.415. The lowest BCUT2D eigenvalue weighted by Gasteiger charge is -2.27. The number of hydrogen-bond donors (Lipinski definition) is 0. The van der Waals surface area contributed by atoms with Crippen molar-refractivity contribution in [2.75, 3.05) is 9.80 Å². The van der Waals surface area contributed by atoms with Gasteiger partial charge in [0.15, 0.2) is 0 Å². The Morgan fingerprint density at radius 1 is 0.232 bits per heavy atom. The molecule has 0 radical (unpaired) electrons. The molecule has 0 aliphatic rings. The van der Waals surface area contributed by atoms with Gasteiger partial charge >= 0.3 is 0 Å². The van der Waals surface area contributed by atoms with E-state index in [-0.39, 0.29) is 29.9 Å². The molecule has 0 unspecified atom stereocenters. The first kappa shape index (κ1) is 59.3. The van der Waals surface area contributed by atoms with Crippen LogP contribution in [0.3, 0.4) is 0 Å². The van der Waals surface area contributed by atoms with Gasteiger partial charge in [0.1, 0.15) is 11.2 Å². The van der Waals surface area contributed by atoms with E-state index in [1.54, 1.807) is 11.3 Å². The molecule has 0 bridgehead atoms. The molecule has 4 aromatic heterocycles. The third-order valence-electron chi connectivity index (χ3n) is 22.7. The van der Waals surface area contributed by atoms with Crippen LogP contribution in [-0.4, -0.2) is 0 Å². The summed E-state index contributed by atoms with van der Waals surface area (Å²) in [6.07, 6.45) is 0. The van der Waals surface area contributed by atoms with Gasteiger partial charge in [-0.05, 0) is 206 Å². The highest BCUT2D eigenvalue weighted by atomic mass is 32.1. The highest BCUT2D eigenvalue weighted by Crippen LogP contribution is 2.51. The van der Waals surface area contributed by atoms with Crippen molar-refractivity contribution in [2.24, 2.45) is 0 Å². The Labute approximate surface area is 663 Å². The number of hydrogen-bond acceptors (Lipinski definition) is 6. The molecule has 112 heavy (non-hydrogen) atoms. The fraction of sp³-hybridized carbons (Fsp3) is 0. The van der Waals surface area contributed by atoms with Crippen molar-refractivity contribution in [1.82, 2.24) is 0 Å². The molecule has 0 N–H and O–H groups in total. The maximum atomic E-state index is 9.05. The normalized spacial score (nSPS) is 12.6. The van der Waals surface area contributed by atoms with Crippen LogP contribution >= 0.6 is 34.0 Å². The SMILES string of the molecule is [2H]c1c([2H])c([2H])c(N(c2ccc(-c3cc4sc5c6ccccc6ccc5c4c4ccccc34)cc2)c2ccc3sc4c5ccccc5ccc4c3c2)c([2H])c1[2H].c1ccc(-c2cccc(N(c3ccc4c(ccc5cc(-c6ccc7oc8c9ccccc9ccc8c7c6)ccc54)c3)c3cccc4c3sc3c5ccccc5ccc43)c2)cc1. The summed E-state index contributed by atoms with van der Waals surface area (Å²) in [5.41, 5.74) is 13.7. The van der Waals surface area contributed by atoms with Gasteiger partial charge in [-0.25, -0.2) is 0 Å². The van der Waals surface area contributed by atoms with Crippen LogP contribution in [0.25, 0.3) is 191 Å². The lowest BCUT2D eigenvalue weighted by atomic mass is 9.94. The Balaban J connectivity index is 0.000000138. The lowest BCUT2D eigenvalue weighted by Crippen LogP contribution is -2.10. The maximum absolute atomic E-state index is 9.05. The molecule has 4 heterocycles. The highest BCUT2D eigenvalue weighted by Gasteiger charge is 2.23. The molecular weight excluding hydrogens is 1410 g/mol. The predicted octanol–water partition coefficient (Wildman–Crippen LogP) is 32.4. The van der Waals surface area contributed by atoms with Gasteiger partial charge in [-0.3, -0.25) is 0 Å². The van der Waals surface area contributed by atoms with Crippen molar-refractivity contribution in [1.29, 1.82) is 0 Å². The molecule has 24 aromatic rings. The first-order valence-electron chi connectivity index (χ1n) is 40.2. The van der Waals surface area contributed by atoms with Gasteiger partial charge in [-0.2, -0.15) is 0 Å². The number of anilines is 6. The van der Waals surface area contributed by atoms with Gasteiger partial charge < -0.3 is 14.2 Å². The summed E-state index contributed by atoms with van der Waals surface area (Å²) in [4.78, 5) is 4.27. The molecule has 0 fully saturated rings. The summed E-state index contributed by atoms with van der Waals surface area (Å²) in [5.74, 6) is 0. The molecule has 24 rings (SSSR count). The lowest BCUT2D eigenvalue weighted by molar-refractivity contribution is 0.672. The molecule has 3 nitrogen and oxygen atoms in total. The Kier molecular flexibility index (Phi) is 13.7. The Morgan fingerprint density at radius 2 is 0.723 bits per heavy atom. The van der Waals surface area contributed by atoms with Crippen LogP contribution in [0, 0.1) is 0 Å². The van der Waals surface area contributed by atoms with Crippen LogP contribution in [0.2, 0.25) is 0 Å². The van der Waals surface area contributed by atoms with E-state index < -0.39 is 6.04 Å². The fourth-order valence-corrected chi connectivity index (χ4v) is 21.3. The van der Waals surface area contributed by atoms with E-state index in [0.717, 1.165) is 70.7 Å². The molecule has 0 aliphatic carbocycles. The molecular formula is C106H64N2OS3. The Bertz CT molecular complexity index is 8280. The molecule has 0 atom stereocenters. The van der Waals surface area contributed by atoms with Gasteiger partial charge in [-0.15, -0.1) is 34.0 Å². The summed E-state index contributed by atoms with van der Waals surface area (Å²) < 4.78 is 57.5. The van der Waals surface area contributed by atoms with Gasteiger partial charge in [0, 0.05) is 100 Å². The van der Waals surface area contributed by atoms with E-state index in [9.17, 15) is 0 Å². The van der Waals surface area contributed by atoms with Crippen LogP contribution in [0.4, 0.5) is 34.1 Å². The van der Waals surface area contributed by atoms with Gasteiger partial charge in [-0.1, -0.05) is 285 Å². The van der Waals surface area contributed by atoms with Gasteiger partial charge in [0.25, 0.3) is 0 Å². The van der Waals surface area contributed by atoms with Crippen molar-refractivity contribution < 1.29 is 11.3 Å². The minimum Gasteiger partial charge on any atom is -0.455 e. The zero-order valence-electron chi connectivity index (χ0n) is 65.1. The number of furan rings is 1. The summed E-state index contributed by atoms with van der Waals surface area (Å²) in [7, 11) is 0. The highest BCUT2D eigenvalue weighted by molar-refractivity contribution is 7.28. The largest absolute Gasteiger partial charge is 0.455 e. The molecule has 20 aromatic carbocycles. The van der Waals surface area contributed by atoms with Gasteiger partial charge in [0.2, 0.25) is 0 Å². The average Bonchev–Trinajstić information content (AvgIpc) is 1.30. The number of thiophene rings is 3. The van der Waals surface area contributed by atoms with Crippen molar-refractivity contribution in [3.05, 3.63) is 388 Å². The smallest absolute Gasteiger partial charge is 0.143 e. The molecule has 0 amide bonds. The van der Waals surface area contributed by atoms with Crippen LogP contribution in [0.1, 0.15) is 6.85 Å². The topological polar surface area (TPSA) is 19.6 Å². The van der Waals surface area contributed by atoms with E-state index in [2.05, 4.69) is 345 Å². The zero-order chi connectivity index (χ0) is 77.8. The standard InChI is InChI=1S/C58H35NOS.C48H29NS2/c1-2-10-36(11-3-1)39-14-8-15-44(33-39)59(54-19-9-18-51-52-29-23-38-13-5-7-17-49(38)57(52)61-58(51)54)45-26-30-47-43(34-45)21-20-42-32-40(24-27-46(42)47)41-25-31-55-53(35-41)50-28-22-37-12-4-6-16-48(37)56(50)60-55;1-2-12-33(13-3-1)49(35-24-27-44-43(28-35)40-25-20-30-10-4-6-14-36(30)47(40)50-44)34-22-18-32(19-23-34)42-29-45-46(39-17-9-8-16-38(39)42)41-26-21-31-11-5-7-15-37(31)48(41)51-45/h1-35H;1-29H/i;1D,2D,3D,12D,13D. The second kappa shape index (κ2) is 26.0. The average molecular weight is 1480 g/mol. The van der Waals surface area contributed by atoms with E-state index in [0.29, 0.717) is 11.4 Å². The van der Waals surface area contributed by atoms with Crippen LogP contribution in [0.5, 0.6) is 0 Å². The number of fused-ring (bicyclic) bond motifs is 25. The second-order valence-electron chi connectivity index (χ2n) is 29.0. The first-order valence-corrected chi connectivity index (χ1v) is 40.2. The molecule has 0 spiro atoms. The fourth-order valence-electron chi connectivity index (χ4n) is 17.4. The predicted molar refractivity (Wildman–Crippen MR) is 487 cm³/mol. The monoisotopic (exact) mass is 1480 g/mol. The zero-order valence-corrected chi connectivity index (χ0v) is 62.5. The molecule has 6 heteroatoms. The Hall–Kier alpha value is -13.7. The van der Waals surface area contributed by atoms with E-state index in [4.69, 9.17) is 11.3 Å². The Morgan fingerprint density at radius 3 is 1.46 bits per heavy atom. The van der Waals surface area contributed by atoms with Crippen molar-refractivity contribution in [3.8, 4) is 33.4 Å². The van der Waals surface area contributed by atoms with Crippen molar-refractivity contribution in [3.63, 3.8) is 0 Å². The van der Waals surface area contributed by atoms with Crippen molar-refractivity contribution in [2.45, 2.75) is 0 Å². The van der Waals surface area contributed by atoms with Crippen LogP contribution in [-0.2, 0) is 0 Å². The minimum absolute atomic E-state index is 0.109. The number of nitrogens with zero attached hydrogens (tertiary/aromatic N) is 2. The summed E-state index contributed by atoms with van der Waals surface area (Å²) in [6, 6.07) is 127. The molecule has 0 aliphatic heterocycles. The summed E-state index contributed by atoms with van der Waals surface area (Å²) >= 11 is 5.47. The number of rotatable bonds is 9. The van der Waals surface area contributed by atoms with E-state index in [1.807, 2.05) is 45.8 Å². The van der Waals surface area contributed by atoms with Crippen LogP contribution < -0.4 is 9.80 Å². The third-order valence-corrected chi connectivity index (χ3v) is 26.4. The summed E-state index contributed by atoms with van der Waals surface area (Å²) in [6.45, 7) is 0. The summed E-state index contributed by atoms with van der Waals surface area (Å²) in [5, 5.41) is 26.6.